The molecule has 0 N–H and O–H groups in total. The molecule has 0 atom stereocenters. The van der Waals surface area contributed by atoms with Crippen molar-refractivity contribution in [2.45, 2.75) is 13.3 Å². The Bertz CT molecular complexity index is 361. The number of hydrogen-bond acceptors (Lipinski definition) is 1. The first-order valence-corrected chi connectivity index (χ1v) is 4.41. The van der Waals surface area contributed by atoms with E-state index in [0.29, 0.717) is 6.42 Å². The minimum absolute atomic E-state index is 0.421. The quantitative estimate of drug-likeness (QED) is 0.701. The molecule has 0 bridgehead atoms. The molecule has 1 aromatic carbocycles. The van der Waals surface area contributed by atoms with Crippen molar-refractivity contribution in [2.24, 2.45) is 0 Å². The molecule has 0 amide bonds. The fraction of sp³-hybridized carbons (Fsp3) is 0.182. The van der Waals surface area contributed by atoms with Crippen LogP contribution in [0.5, 0.6) is 0 Å². The monoisotopic (exact) mass is 191 g/mol. The summed E-state index contributed by atoms with van der Waals surface area (Å²) in [7, 11) is 0. The van der Waals surface area contributed by atoms with Crippen molar-refractivity contribution in [2.75, 3.05) is 0 Å². The highest BCUT2D eigenvalue weighted by molar-refractivity contribution is 6.32. The Kier molecular flexibility index (Phi) is 3.54. The lowest BCUT2D eigenvalue weighted by Crippen LogP contribution is -1.77. The van der Waals surface area contributed by atoms with E-state index in [2.05, 4.69) is 0 Å². The molecule has 0 aromatic heterocycles. The molecule has 0 fully saturated rings. The smallest absolute Gasteiger partial charge is 0.0663 e. The van der Waals surface area contributed by atoms with Crippen LogP contribution in [0.15, 0.2) is 24.3 Å². The van der Waals surface area contributed by atoms with Gasteiger partial charge in [0.1, 0.15) is 0 Å². The highest BCUT2D eigenvalue weighted by Gasteiger charge is 1.94. The van der Waals surface area contributed by atoms with Gasteiger partial charge in [-0.2, -0.15) is 5.26 Å². The molecule has 1 nitrogen and oxygen atoms in total. The molecule has 66 valence electrons. The summed E-state index contributed by atoms with van der Waals surface area (Å²) < 4.78 is 0. The van der Waals surface area contributed by atoms with E-state index in [1.807, 2.05) is 37.3 Å². The van der Waals surface area contributed by atoms with E-state index in [9.17, 15) is 0 Å². The van der Waals surface area contributed by atoms with E-state index in [0.717, 1.165) is 16.1 Å². The van der Waals surface area contributed by atoms with Crippen molar-refractivity contribution >= 4 is 17.7 Å². The predicted molar refractivity (Wildman–Crippen MR) is 55.5 cm³/mol. The molecular weight excluding hydrogens is 182 g/mol. The minimum atomic E-state index is 0.421. The molecule has 2 heteroatoms. The van der Waals surface area contributed by atoms with Gasteiger partial charge in [-0.25, -0.2) is 0 Å². The summed E-state index contributed by atoms with van der Waals surface area (Å²) in [6.45, 7) is 1.99. The average Bonchev–Trinajstić information content (AvgIpc) is 2.09. The van der Waals surface area contributed by atoms with Gasteiger partial charge < -0.3 is 0 Å². The molecule has 0 aliphatic carbocycles. The average molecular weight is 192 g/mol. The summed E-state index contributed by atoms with van der Waals surface area (Å²) in [4.78, 5) is 0. The van der Waals surface area contributed by atoms with E-state index in [1.54, 1.807) is 6.08 Å². The normalized spacial score (nSPS) is 10.2. The second kappa shape index (κ2) is 4.69. The Hall–Kier alpha value is -1.26. The topological polar surface area (TPSA) is 23.8 Å². The highest BCUT2D eigenvalue weighted by Crippen LogP contribution is 2.18. The van der Waals surface area contributed by atoms with Crippen LogP contribution in [0, 0.1) is 18.3 Å². The van der Waals surface area contributed by atoms with E-state index in [1.165, 1.54) is 0 Å². The van der Waals surface area contributed by atoms with Gasteiger partial charge in [0.15, 0.2) is 0 Å². The molecule has 0 radical (unpaired) electrons. The lowest BCUT2D eigenvalue weighted by atomic mass is 10.1. The number of nitrogens with zero attached hydrogens (tertiary/aromatic N) is 1. The standard InChI is InChI=1S/C11H10ClN/c1-9-5-6-10(11(12)8-9)4-2-3-7-13/h2,4-6,8H,3H2,1H3. The maximum Gasteiger partial charge on any atom is 0.0663 e. The van der Waals surface area contributed by atoms with Crippen molar-refractivity contribution in [1.82, 2.24) is 0 Å². The molecule has 0 unspecified atom stereocenters. The van der Waals surface area contributed by atoms with Crippen LogP contribution < -0.4 is 0 Å². The molecule has 0 aliphatic heterocycles. The molecule has 0 aliphatic rings. The van der Waals surface area contributed by atoms with Crippen LogP contribution in [0.25, 0.3) is 6.08 Å². The van der Waals surface area contributed by atoms with Gasteiger partial charge in [0.25, 0.3) is 0 Å². The molecule has 0 heterocycles. The number of benzene rings is 1. The van der Waals surface area contributed by atoms with Crippen molar-refractivity contribution < 1.29 is 0 Å². The summed E-state index contributed by atoms with van der Waals surface area (Å²) in [6, 6.07) is 7.90. The zero-order valence-corrected chi connectivity index (χ0v) is 8.17. The maximum absolute atomic E-state index is 8.32. The van der Waals surface area contributed by atoms with Gasteiger partial charge in [0.2, 0.25) is 0 Å². The molecule has 0 saturated heterocycles. The molecule has 0 saturated carbocycles. The van der Waals surface area contributed by atoms with Crippen molar-refractivity contribution in [3.63, 3.8) is 0 Å². The number of nitriles is 1. The second-order valence-electron chi connectivity index (χ2n) is 2.79. The second-order valence-corrected chi connectivity index (χ2v) is 3.20. The fourth-order valence-electron chi connectivity index (χ4n) is 1.01. The summed E-state index contributed by atoms with van der Waals surface area (Å²) >= 11 is 5.97. The van der Waals surface area contributed by atoms with E-state index in [-0.39, 0.29) is 0 Å². The van der Waals surface area contributed by atoms with Gasteiger partial charge in [-0.1, -0.05) is 35.9 Å². The van der Waals surface area contributed by atoms with Gasteiger partial charge in [0.05, 0.1) is 12.5 Å². The molecule has 13 heavy (non-hydrogen) atoms. The van der Waals surface area contributed by atoms with E-state index < -0.39 is 0 Å². The Morgan fingerprint density at radius 3 is 2.92 bits per heavy atom. The van der Waals surface area contributed by atoms with E-state index in [4.69, 9.17) is 16.9 Å². The number of halogens is 1. The lowest BCUT2D eigenvalue weighted by molar-refractivity contribution is 1.36. The summed E-state index contributed by atoms with van der Waals surface area (Å²) in [5.74, 6) is 0. The summed E-state index contributed by atoms with van der Waals surface area (Å²) in [5, 5.41) is 9.05. The molecule has 1 rings (SSSR count). The number of allylic oxidation sites excluding steroid dienone is 1. The van der Waals surface area contributed by atoms with Gasteiger partial charge in [-0.15, -0.1) is 0 Å². The van der Waals surface area contributed by atoms with Crippen LogP contribution in [0.3, 0.4) is 0 Å². The van der Waals surface area contributed by atoms with Crippen LogP contribution in [0.2, 0.25) is 5.02 Å². The van der Waals surface area contributed by atoms with Crippen molar-refractivity contribution in [3.05, 3.63) is 40.4 Å². The predicted octanol–water partition coefficient (Wildman–Crippen LogP) is 3.58. The fourth-order valence-corrected chi connectivity index (χ4v) is 1.30. The third-order valence-electron chi connectivity index (χ3n) is 1.66. The van der Waals surface area contributed by atoms with Crippen molar-refractivity contribution in [1.29, 1.82) is 5.26 Å². The van der Waals surface area contributed by atoms with Crippen LogP contribution in [-0.2, 0) is 0 Å². The summed E-state index contributed by atoms with van der Waals surface area (Å²) in [6.07, 6.45) is 4.09. The van der Waals surface area contributed by atoms with E-state index >= 15 is 0 Å². The van der Waals surface area contributed by atoms with Gasteiger partial charge in [-0.05, 0) is 24.1 Å². The van der Waals surface area contributed by atoms with Gasteiger partial charge in [-0.3, -0.25) is 0 Å². The zero-order chi connectivity index (χ0) is 9.68. The Labute approximate surface area is 83.3 Å². The zero-order valence-electron chi connectivity index (χ0n) is 7.42. The van der Waals surface area contributed by atoms with Crippen LogP contribution in [0.1, 0.15) is 17.5 Å². The first-order valence-electron chi connectivity index (χ1n) is 4.03. The number of aryl methyl sites for hydroxylation is 1. The minimum Gasteiger partial charge on any atom is -0.198 e. The lowest BCUT2D eigenvalue weighted by Gasteiger charge is -1.98. The summed E-state index contributed by atoms with van der Waals surface area (Å²) in [5.41, 5.74) is 2.10. The highest BCUT2D eigenvalue weighted by atomic mass is 35.5. The van der Waals surface area contributed by atoms with Crippen LogP contribution >= 0.6 is 11.6 Å². The molecule has 0 spiro atoms. The third kappa shape index (κ3) is 2.93. The Balaban J connectivity index is 2.85. The SMILES string of the molecule is Cc1ccc(C=CCC#N)c(Cl)c1. The Morgan fingerprint density at radius 1 is 1.54 bits per heavy atom. The largest absolute Gasteiger partial charge is 0.198 e. The van der Waals surface area contributed by atoms with Crippen LogP contribution in [-0.4, -0.2) is 0 Å². The van der Waals surface area contributed by atoms with Crippen LogP contribution in [0.4, 0.5) is 0 Å². The maximum atomic E-state index is 8.32. The van der Waals surface area contributed by atoms with Gasteiger partial charge >= 0.3 is 0 Å². The first-order chi connectivity index (χ1) is 6.24. The van der Waals surface area contributed by atoms with Crippen molar-refractivity contribution in [3.8, 4) is 6.07 Å². The Morgan fingerprint density at radius 2 is 2.31 bits per heavy atom. The molecular formula is C11H10ClN. The number of rotatable bonds is 2. The third-order valence-corrected chi connectivity index (χ3v) is 1.99. The molecule has 1 aromatic rings. The number of hydrogen-bond donors (Lipinski definition) is 0. The van der Waals surface area contributed by atoms with Gasteiger partial charge in [0, 0.05) is 5.02 Å². The first kappa shape index (κ1) is 9.83.